The lowest BCUT2D eigenvalue weighted by atomic mass is 9.87. The molecule has 0 fully saturated rings. The lowest BCUT2D eigenvalue weighted by Gasteiger charge is -2.29. The van der Waals surface area contributed by atoms with E-state index in [1.165, 1.54) is 20.8 Å². The number of carbonyl (C=O) groups is 5. The molecule has 0 aliphatic heterocycles. The molecule has 5 N–H and O–H groups in total. The average molecular weight is 484 g/mol. The zero-order valence-corrected chi connectivity index (χ0v) is 19.3. The van der Waals surface area contributed by atoms with E-state index in [-0.39, 0.29) is 43.9 Å². The normalized spacial score (nSPS) is 12.7. The number of phosphoric ester groups is 1. The van der Waals surface area contributed by atoms with Crippen LogP contribution >= 0.6 is 19.6 Å². The molecule has 0 aliphatic rings. The van der Waals surface area contributed by atoms with Crippen molar-refractivity contribution in [3.05, 3.63) is 0 Å². The Morgan fingerprint density at radius 3 is 2.23 bits per heavy atom. The number of carbonyl (C=O) groups excluding carboxylic acids is 5. The van der Waals surface area contributed by atoms with Gasteiger partial charge in [0.15, 0.2) is 5.12 Å². The Bertz CT molecular complexity index is 722. The molecule has 0 unspecified atom stereocenters. The Morgan fingerprint density at radius 2 is 1.68 bits per heavy atom. The van der Waals surface area contributed by atoms with Crippen molar-refractivity contribution < 1.29 is 48.0 Å². The number of phosphoric acid groups is 1. The number of nitrogens with one attached hydrogen (secondary N) is 2. The number of rotatable bonds is 15. The summed E-state index contributed by atoms with van der Waals surface area (Å²) in [6.07, 6.45) is -2.36. The fourth-order valence-electron chi connectivity index (χ4n) is 2.08. The van der Waals surface area contributed by atoms with Crippen LogP contribution in [-0.4, -0.2) is 74.9 Å². The summed E-state index contributed by atoms with van der Waals surface area (Å²) in [6, 6.07) is 0. The maximum atomic E-state index is 12.0. The summed E-state index contributed by atoms with van der Waals surface area (Å²) in [5.41, 5.74) is -1.29. The number of aliphatic hydroxyl groups is 1. The molecule has 14 heteroatoms. The molecule has 0 aromatic carbocycles. The quantitative estimate of drug-likeness (QED) is 0.112. The van der Waals surface area contributed by atoms with Crippen LogP contribution < -0.4 is 10.6 Å². The van der Waals surface area contributed by atoms with Gasteiger partial charge in [-0.05, 0) is 6.92 Å². The van der Waals surface area contributed by atoms with E-state index >= 15 is 0 Å². The fourth-order valence-corrected chi connectivity index (χ4v) is 3.27. The van der Waals surface area contributed by atoms with Gasteiger partial charge in [0.05, 0.1) is 19.4 Å². The third-order valence-corrected chi connectivity index (χ3v) is 5.06. The zero-order chi connectivity index (χ0) is 24.2. The van der Waals surface area contributed by atoms with Gasteiger partial charge in [-0.2, -0.15) is 0 Å². The van der Waals surface area contributed by atoms with Gasteiger partial charge in [0, 0.05) is 30.7 Å². The van der Waals surface area contributed by atoms with Crippen LogP contribution in [0.2, 0.25) is 0 Å². The van der Waals surface area contributed by atoms with Crippen molar-refractivity contribution >= 4 is 48.1 Å². The van der Waals surface area contributed by atoms with E-state index in [1.54, 1.807) is 0 Å². The smallest absolute Gasteiger partial charge is 0.383 e. The number of hydrogen-bond acceptors (Lipinski definition) is 9. The topological polar surface area (TPSA) is 196 Å². The molecule has 0 bridgehead atoms. The summed E-state index contributed by atoms with van der Waals surface area (Å²) in [5, 5.41) is 14.5. The molecular formula is C17H29N2O10PS. The van der Waals surface area contributed by atoms with Crippen LogP contribution in [0.25, 0.3) is 0 Å². The number of thioether (sulfide) groups is 1. The van der Waals surface area contributed by atoms with E-state index in [0.717, 1.165) is 11.8 Å². The molecular weight excluding hydrogens is 455 g/mol. The van der Waals surface area contributed by atoms with Crippen LogP contribution in [0.5, 0.6) is 0 Å². The molecule has 178 valence electrons. The predicted octanol–water partition coefficient (Wildman–Crippen LogP) is -0.697. The van der Waals surface area contributed by atoms with Crippen LogP contribution in [0.1, 0.15) is 40.0 Å². The second kappa shape index (κ2) is 13.7. The summed E-state index contributed by atoms with van der Waals surface area (Å²) >= 11 is 0.859. The third kappa shape index (κ3) is 14.9. The second-order valence-corrected chi connectivity index (χ2v) is 9.75. The first-order chi connectivity index (χ1) is 14.1. The van der Waals surface area contributed by atoms with Crippen molar-refractivity contribution in [3.8, 4) is 0 Å². The summed E-state index contributed by atoms with van der Waals surface area (Å²) in [7, 11) is -4.75. The summed E-state index contributed by atoms with van der Waals surface area (Å²) in [4.78, 5) is 74.8. The highest BCUT2D eigenvalue weighted by atomic mass is 32.2. The van der Waals surface area contributed by atoms with Crippen LogP contribution in [0.4, 0.5) is 0 Å². The van der Waals surface area contributed by atoms with Crippen molar-refractivity contribution in [3.63, 3.8) is 0 Å². The van der Waals surface area contributed by atoms with Crippen LogP contribution in [0, 0.1) is 5.41 Å². The van der Waals surface area contributed by atoms with Crippen molar-refractivity contribution in [1.29, 1.82) is 0 Å². The largest absolute Gasteiger partial charge is 0.469 e. The van der Waals surface area contributed by atoms with E-state index in [0.29, 0.717) is 0 Å². The van der Waals surface area contributed by atoms with E-state index in [2.05, 4.69) is 15.2 Å². The molecule has 0 saturated heterocycles. The number of Topliss-reactive ketones (excluding diaryl/α,β-unsaturated/α-hetero) is 2. The average Bonchev–Trinajstić information content (AvgIpc) is 2.61. The summed E-state index contributed by atoms with van der Waals surface area (Å²) in [6.45, 7) is 3.51. The Morgan fingerprint density at radius 1 is 1.06 bits per heavy atom. The molecule has 0 spiro atoms. The molecule has 2 amide bonds. The maximum Gasteiger partial charge on any atom is 0.469 e. The van der Waals surface area contributed by atoms with Crippen molar-refractivity contribution in [2.75, 3.05) is 25.4 Å². The van der Waals surface area contributed by atoms with Crippen LogP contribution in [-0.2, 0) is 33.1 Å². The van der Waals surface area contributed by atoms with E-state index < -0.39 is 48.7 Å². The second-order valence-electron chi connectivity index (χ2n) is 7.36. The minimum Gasteiger partial charge on any atom is -0.383 e. The SMILES string of the molecule is CC(=O)CC(=O)CC(=O)SCCNC(=O)CCNC(=O)[C@H](O)C(C)(C)COP(=O)(O)O. The lowest BCUT2D eigenvalue weighted by Crippen LogP contribution is -2.46. The van der Waals surface area contributed by atoms with Crippen LogP contribution in [0.15, 0.2) is 0 Å². The molecule has 1 atom stereocenters. The van der Waals surface area contributed by atoms with E-state index in [4.69, 9.17) is 9.79 Å². The number of aliphatic hydroxyl groups excluding tert-OH is 1. The van der Waals surface area contributed by atoms with E-state index in [1.807, 2.05) is 0 Å². The molecule has 12 nitrogen and oxygen atoms in total. The standard InChI is InChI=1S/C17H29N2O10PS/c1-11(20)8-12(21)9-14(23)31-7-6-18-13(22)4-5-19-16(25)15(24)17(2,3)10-29-30(26,27)28/h15,24H,4-10H2,1-3H3,(H,18,22)(H,19,25)(H2,26,27,28)/t15-/m0/s1. The third-order valence-electron chi connectivity index (χ3n) is 3.72. The highest BCUT2D eigenvalue weighted by Gasteiger charge is 2.35. The van der Waals surface area contributed by atoms with Gasteiger partial charge in [-0.25, -0.2) is 4.57 Å². The zero-order valence-electron chi connectivity index (χ0n) is 17.6. The number of ketones is 2. The Kier molecular flexibility index (Phi) is 13.0. The molecule has 0 aromatic heterocycles. The monoisotopic (exact) mass is 484 g/mol. The van der Waals surface area contributed by atoms with Gasteiger partial charge in [0.2, 0.25) is 11.8 Å². The Hall–Kier alpha value is -1.63. The molecule has 0 rings (SSSR count). The first kappa shape index (κ1) is 29.4. The first-order valence-electron chi connectivity index (χ1n) is 9.23. The van der Waals surface area contributed by atoms with E-state index in [9.17, 15) is 33.6 Å². The first-order valence-corrected chi connectivity index (χ1v) is 11.7. The maximum absolute atomic E-state index is 12.0. The lowest BCUT2D eigenvalue weighted by molar-refractivity contribution is -0.137. The molecule has 0 radical (unpaired) electrons. The van der Waals surface area contributed by atoms with Crippen molar-refractivity contribution in [1.82, 2.24) is 10.6 Å². The fraction of sp³-hybridized carbons (Fsp3) is 0.706. The summed E-state index contributed by atoms with van der Waals surface area (Å²) < 4.78 is 15.1. The molecule has 0 aliphatic carbocycles. The van der Waals surface area contributed by atoms with Gasteiger partial charge in [0.25, 0.3) is 0 Å². The van der Waals surface area contributed by atoms with Gasteiger partial charge in [-0.15, -0.1) is 0 Å². The highest BCUT2D eigenvalue weighted by molar-refractivity contribution is 8.13. The van der Waals surface area contributed by atoms with Crippen molar-refractivity contribution in [2.45, 2.75) is 46.1 Å². The Balaban J connectivity index is 4.09. The van der Waals surface area contributed by atoms with Gasteiger partial charge < -0.3 is 25.5 Å². The summed E-state index contributed by atoms with van der Waals surface area (Å²) in [5.74, 6) is -1.78. The minimum atomic E-state index is -4.75. The minimum absolute atomic E-state index is 0.0945. The molecule has 31 heavy (non-hydrogen) atoms. The van der Waals surface area contributed by atoms with Gasteiger partial charge in [-0.3, -0.25) is 28.5 Å². The number of hydrogen-bond donors (Lipinski definition) is 5. The number of amides is 2. The molecule has 0 heterocycles. The molecule has 0 aromatic rings. The Labute approximate surface area is 184 Å². The van der Waals surface area contributed by atoms with Crippen molar-refractivity contribution in [2.24, 2.45) is 5.41 Å². The van der Waals surface area contributed by atoms with Gasteiger partial charge >= 0.3 is 7.82 Å². The van der Waals surface area contributed by atoms with Gasteiger partial charge in [0.1, 0.15) is 17.7 Å². The molecule has 0 saturated carbocycles. The van der Waals surface area contributed by atoms with Crippen LogP contribution in [0.3, 0.4) is 0 Å². The van der Waals surface area contributed by atoms with Gasteiger partial charge in [-0.1, -0.05) is 25.6 Å². The highest BCUT2D eigenvalue weighted by Crippen LogP contribution is 2.38. The predicted molar refractivity (Wildman–Crippen MR) is 111 cm³/mol.